The maximum absolute atomic E-state index is 11.9. The van der Waals surface area contributed by atoms with E-state index in [-0.39, 0.29) is 31.3 Å². The fraction of sp³-hybridized carbons (Fsp3) is 0.364. The fourth-order valence-electron chi connectivity index (χ4n) is 1.35. The SMILES string of the molecule is O=C(O)c1cc(S(=O)(=O)NCCOCCO)ccc1O. The number of aromatic hydroxyl groups is 1. The number of aliphatic hydroxyl groups is 1. The Morgan fingerprint density at radius 2 is 2.00 bits per heavy atom. The number of carbonyl (C=O) groups is 1. The molecule has 0 unspecified atom stereocenters. The molecule has 0 amide bonds. The van der Waals surface area contributed by atoms with Crippen LogP contribution in [0.15, 0.2) is 23.1 Å². The zero-order valence-electron chi connectivity index (χ0n) is 10.4. The lowest BCUT2D eigenvalue weighted by atomic mass is 10.2. The summed E-state index contributed by atoms with van der Waals surface area (Å²) >= 11 is 0. The summed E-state index contributed by atoms with van der Waals surface area (Å²) in [5, 5.41) is 26.6. The van der Waals surface area contributed by atoms with Crippen LogP contribution >= 0.6 is 0 Å². The average Bonchev–Trinajstić information content (AvgIpc) is 2.38. The van der Waals surface area contributed by atoms with E-state index < -0.39 is 27.3 Å². The minimum atomic E-state index is -3.89. The second-order valence-corrected chi connectivity index (χ2v) is 5.48. The van der Waals surface area contributed by atoms with Gasteiger partial charge in [0, 0.05) is 6.54 Å². The van der Waals surface area contributed by atoms with Crippen molar-refractivity contribution in [3.05, 3.63) is 23.8 Å². The third-order valence-corrected chi connectivity index (χ3v) is 3.74. The number of ether oxygens (including phenoxy) is 1. The number of hydrogen-bond acceptors (Lipinski definition) is 6. The van der Waals surface area contributed by atoms with Crippen molar-refractivity contribution in [1.29, 1.82) is 0 Å². The normalized spacial score (nSPS) is 11.4. The molecule has 0 bridgehead atoms. The van der Waals surface area contributed by atoms with Gasteiger partial charge in [0.2, 0.25) is 10.0 Å². The van der Waals surface area contributed by atoms with E-state index in [1.165, 1.54) is 0 Å². The molecule has 4 N–H and O–H groups in total. The lowest BCUT2D eigenvalue weighted by Gasteiger charge is -2.08. The van der Waals surface area contributed by atoms with Crippen LogP contribution in [0, 0.1) is 0 Å². The maximum Gasteiger partial charge on any atom is 0.339 e. The van der Waals surface area contributed by atoms with Gasteiger partial charge >= 0.3 is 5.97 Å². The molecule has 0 aliphatic heterocycles. The van der Waals surface area contributed by atoms with Crippen LogP contribution in [-0.2, 0) is 14.8 Å². The Balaban J connectivity index is 2.77. The average molecular weight is 305 g/mol. The van der Waals surface area contributed by atoms with Crippen molar-refractivity contribution in [3.8, 4) is 5.75 Å². The van der Waals surface area contributed by atoms with Crippen LogP contribution in [0.3, 0.4) is 0 Å². The molecule has 0 spiro atoms. The molecule has 0 saturated heterocycles. The Labute approximate surface area is 115 Å². The largest absolute Gasteiger partial charge is 0.507 e. The van der Waals surface area contributed by atoms with E-state index in [9.17, 15) is 18.3 Å². The van der Waals surface area contributed by atoms with Crippen molar-refractivity contribution in [2.45, 2.75) is 4.90 Å². The second kappa shape index (κ2) is 7.20. The van der Waals surface area contributed by atoms with E-state index in [2.05, 4.69) is 4.72 Å². The predicted molar refractivity (Wildman–Crippen MR) is 68.2 cm³/mol. The number of aromatic carboxylic acids is 1. The molecule has 0 heterocycles. The number of carboxylic acid groups (broad SMARTS) is 1. The summed E-state index contributed by atoms with van der Waals surface area (Å²) in [5.41, 5.74) is -0.496. The van der Waals surface area contributed by atoms with E-state index in [0.29, 0.717) is 0 Å². The van der Waals surface area contributed by atoms with E-state index in [1.54, 1.807) is 0 Å². The van der Waals surface area contributed by atoms with E-state index in [4.69, 9.17) is 14.9 Å². The van der Waals surface area contributed by atoms with Crippen molar-refractivity contribution >= 4 is 16.0 Å². The topological polar surface area (TPSA) is 133 Å². The Hall–Kier alpha value is -1.68. The predicted octanol–water partition coefficient (Wildman–Crippen LogP) is -0.622. The third-order valence-electron chi connectivity index (χ3n) is 2.28. The molecule has 9 heteroatoms. The monoisotopic (exact) mass is 305 g/mol. The Morgan fingerprint density at radius 1 is 1.30 bits per heavy atom. The highest BCUT2D eigenvalue weighted by Crippen LogP contribution is 2.21. The van der Waals surface area contributed by atoms with Gasteiger partial charge in [0.1, 0.15) is 11.3 Å². The standard InChI is InChI=1S/C11H15NO7S/c13-4-6-19-5-3-12-20(17,18)8-1-2-10(14)9(7-8)11(15)16/h1-2,7,12-14H,3-6H2,(H,15,16). The number of nitrogens with one attached hydrogen (secondary N) is 1. The molecule has 112 valence electrons. The highest BCUT2D eigenvalue weighted by molar-refractivity contribution is 7.89. The van der Waals surface area contributed by atoms with Crippen molar-refractivity contribution in [2.24, 2.45) is 0 Å². The Morgan fingerprint density at radius 3 is 2.60 bits per heavy atom. The van der Waals surface area contributed by atoms with Crippen molar-refractivity contribution in [1.82, 2.24) is 4.72 Å². The molecular formula is C11H15NO7S. The van der Waals surface area contributed by atoms with E-state index in [0.717, 1.165) is 18.2 Å². The molecule has 1 aromatic carbocycles. The summed E-state index contributed by atoms with van der Waals surface area (Å²) < 4.78 is 30.8. The zero-order chi connectivity index (χ0) is 15.2. The van der Waals surface area contributed by atoms with Gasteiger partial charge in [-0.3, -0.25) is 0 Å². The number of carboxylic acids is 1. The van der Waals surface area contributed by atoms with Crippen LogP contribution in [-0.4, -0.2) is 56.1 Å². The van der Waals surface area contributed by atoms with Gasteiger partial charge in [-0.2, -0.15) is 0 Å². The minimum absolute atomic E-state index is 0.0222. The quantitative estimate of drug-likeness (QED) is 0.470. The molecular weight excluding hydrogens is 290 g/mol. The van der Waals surface area contributed by atoms with Crippen LogP contribution < -0.4 is 4.72 Å². The molecule has 1 aromatic rings. The Kier molecular flexibility index (Phi) is 5.89. The molecule has 1 rings (SSSR count). The van der Waals surface area contributed by atoms with Crippen LogP contribution in [0.5, 0.6) is 5.75 Å². The van der Waals surface area contributed by atoms with Gasteiger partial charge in [0.25, 0.3) is 0 Å². The van der Waals surface area contributed by atoms with Crippen LogP contribution in [0.1, 0.15) is 10.4 Å². The van der Waals surface area contributed by atoms with Crippen LogP contribution in [0.25, 0.3) is 0 Å². The smallest absolute Gasteiger partial charge is 0.339 e. The van der Waals surface area contributed by atoms with Gasteiger partial charge in [-0.1, -0.05) is 0 Å². The van der Waals surface area contributed by atoms with Gasteiger partial charge in [0.05, 0.1) is 24.7 Å². The molecule has 0 aromatic heterocycles. The van der Waals surface area contributed by atoms with Gasteiger partial charge < -0.3 is 20.1 Å². The van der Waals surface area contributed by atoms with Gasteiger partial charge in [0.15, 0.2) is 0 Å². The first-order valence-corrected chi connectivity index (χ1v) is 7.11. The lowest BCUT2D eigenvalue weighted by molar-refractivity contribution is 0.0693. The van der Waals surface area contributed by atoms with Crippen LogP contribution in [0.2, 0.25) is 0 Å². The van der Waals surface area contributed by atoms with Crippen LogP contribution in [0.4, 0.5) is 0 Å². The Bertz CT molecular complexity index is 570. The third kappa shape index (κ3) is 4.46. The number of hydrogen-bond donors (Lipinski definition) is 4. The molecule has 0 atom stereocenters. The zero-order valence-corrected chi connectivity index (χ0v) is 11.3. The molecule has 0 fully saturated rings. The summed E-state index contributed by atoms with van der Waals surface area (Å²) in [6.45, 7) is -0.00788. The summed E-state index contributed by atoms with van der Waals surface area (Å²) in [7, 11) is -3.89. The van der Waals surface area contributed by atoms with Crippen molar-refractivity contribution in [2.75, 3.05) is 26.4 Å². The van der Waals surface area contributed by atoms with Crippen molar-refractivity contribution < 1.29 is 33.3 Å². The number of aliphatic hydroxyl groups excluding tert-OH is 1. The van der Waals surface area contributed by atoms with E-state index >= 15 is 0 Å². The number of sulfonamides is 1. The molecule has 0 saturated carbocycles. The summed E-state index contributed by atoms with van der Waals surface area (Å²) in [5.74, 6) is -1.94. The first-order valence-electron chi connectivity index (χ1n) is 5.63. The number of phenols is 1. The second-order valence-electron chi connectivity index (χ2n) is 3.72. The maximum atomic E-state index is 11.9. The van der Waals surface area contributed by atoms with Gasteiger partial charge in [-0.05, 0) is 18.2 Å². The first kappa shape index (κ1) is 16.4. The molecule has 0 aliphatic carbocycles. The highest BCUT2D eigenvalue weighted by Gasteiger charge is 2.18. The molecule has 20 heavy (non-hydrogen) atoms. The summed E-state index contributed by atoms with van der Waals surface area (Å²) in [6.07, 6.45) is 0. The first-order chi connectivity index (χ1) is 9.38. The lowest BCUT2D eigenvalue weighted by Crippen LogP contribution is -2.28. The summed E-state index contributed by atoms with van der Waals surface area (Å²) in [4.78, 5) is 10.5. The van der Waals surface area contributed by atoms with Crippen molar-refractivity contribution in [3.63, 3.8) is 0 Å². The molecule has 8 nitrogen and oxygen atoms in total. The molecule has 0 aliphatic rings. The fourth-order valence-corrected chi connectivity index (χ4v) is 2.39. The van der Waals surface area contributed by atoms with E-state index in [1.807, 2.05) is 0 Å². The van der Waals surface area contributed by atoms with Gasteiger partial charge in [-0.15, -0.1) is 0 Å². The molecule has 0 radical (unpaired) electrons. The van der Waals surface area contributed by atoms with Gasteiger partial charge in [-0.25, -0.2) is 17.9 Å². The highest BCUT2D eigenvalue weighted by atomic mass is 32.2. The number of rotatable bonds is 8. The number of benzene rings is 1. The summed E-state index contributed by atoms with van der Waals surface area (Å²) in [6, 6.07) is 2.97. The minimum Gasteiger partial charge on any atom is -0.507 e.